The molecule has 158 valence electrons. The molecule has 0 fully saturated rings. The number of primary amides is 1. The van der Waals surface area contributed by atoms with Crippen molar-refractivity contribution in [3.63, 3.8) is 0 Å². The molecule has 7 nitrogen and oxygen atoms in total. The molecule has 3 N–H and O–H groups in total. The number of thioether (sulfide) groups is 1. The monoisotopic (exact) mass is 430 g/mol. The predicted octanol–water partition coefficient (Wildman–Crippen LogP) is 2.19. The summed E-state index contributed by atoms with van der Waals surface area (Å²) in [6.45, 7) is 8.47. The molecule has 28 heavy (non-hydrogen) atoms. The van der Waals surface area contributed by atoms with Crippen molar-refractivity contribution >= 4 is 42.3 Å². The highest BCUT2D eigenvalue weighted by atomic mass is 32.2. The molecule has 2 heterocycles. The number of carbonyl (C=O) groups excluding carboxylic acids is 3. The van der Waals surface area contributed by atoms with E-state index in [9.17, 15) is 14.7 Å². The van der Waals surface area contributed by atoms with Gasteiger partial charge in [-0.05, 0) is 37.8 Å². The Labute approximate surface area is 174 Å². The fourth-order valence-electron chi connectivity index (χ4n) is 2.42. The minimum Gasteiger partial charge on any atom is -0.462 e. The molecule has 1 atom stereocenters. The molecule has 0 spiro atoms. The summed E-state index contributed by atoms with van der Waals surface area (Å²) in [4.78, 5) is 31.9. The van der Waals surface area contributed by atoms with Gasteiger partial charge >= 0.3 is 0 Å². The highest BCUT2D eigenvalue weighted by molar-refractivity contribution is 8.00. The Hall–Kier alpha value is -1.84. The van der Waals surface area contributed by atoms with Crippen LogP contribution in [0.25, 0.3) is 0 Å². The Morgan fingerprint density at radius 3 is 2.61 bits per heavy atom. The van der Waals surface area contributed by atoms with E-state index in [1.165, 1.54) is 0 Å². The van der Waals surface area contributed by atoms with Crippen LogP contribution in [0.2, 0.25) is 0 Å². The number of aliphatic hydroxyl groups is 1. The lowest BCUT2D eigenvalue weighted by Crippen LogP contribution is -2.39. The summed E-state index contributed by atoms with van der Waals surface area (Å²) in [5.41, 5.74) is 6.69. The normalized spacial score (nSPS) is 16.3. The number of hydrogen-bond acceptors (Lipinski definition) is 8. The molecule has 0 saturated heterocycles. The number of nitrogens with two attached hydrogens (primary N) is 1. The van der Waals surface area contributed by atoms with E-state index in [4.69, 9.17) is 15.3 Å². The highest BCUT2D eigenvalue weighted by Crippen LogP contribution is 2.34. The molecule has 0 radical (unpaired) electrons. The van der Waals surface area contributed by atoms with Crippen molar-refractivity contribution in [2.24, 2.45) is 5.73 Å². The van der Waals surface area contributed by atoms with Crippen LogP contribution in [0.4, 0.5) is 0 Å². The summed E-state index contributed by atoms with van der Waals surface area (Å²) >= 11 is 3.32. The third-order valence-corrected chi connectivity index (χ3v) is 6.33. The minimum atomic E-state index is -0.454. The lowest BCUT2D eigenvalue weighted by molar-refractivity contribution is -0.141. The van der Waals surface area contributed by atoms with Crippen LogP contribution < -0.4 is 5.73 Å². The molecule has 0 aromatic carbocycles. The van der Waals surface area contributed by atoms with Crippen LogP contribution in [0.1, 0.15) is 32.1 Å². The van der Waals surface area contributed by atoms with Crippen LogP contribution in [0.3, 0.4) is 0 Å². The summed E-state index contributed by atoms with van der Waals surface area (Å²) in [6.07, 6.45) is 1.14. The first-order chi connectivity index (χ1) is 13.2. The second-order valence-corrected chi connectivity index (χ2v) is 8.82. The van der Waals surface area contributed by atoms with Crippen molar-refractivity contribution in [2.45, 2.75) is 44.6 Å². The van der Waals surface area contributed by atoms with Crippen LogP contribution in [0.5, 0.6) is 0 Å². The van der Waals surface area contributed by atoms with E-state index in [1.807, 2.05) is 52.1 Å². The highest BCUT2D eigenvalue weighted by Gasteiger charge is 2.30. The van der Waals surface area contributed by atoms with Gasteiger partial charge in [-0.2, -0.15) is 0 Å². The summed E-state index contributed by atoms with van der Waals surface area (Å²) in [7, 11) is 2.01. The maximum absolute atomic E-state index is 10.4. The Morgan fingerprint density at radius 2 is 2.14 bits per heavy atom. The molecular formula is C19H30N2O5S2. The molecule has 1 aliphatic heterocycles. The van der Waals surface area contributed by atoms with Gasteiger partial charge in [-0.15, -0.1) is 23.1 Å². The maximum Gasteiger partial charge on any atom is 0.293 e. The SMILES string of the molecule is C=O.CC1=C(CO)CSC(CC(C)(C)OC=O)N1C.NC(=O)Cc1cccs1. The van der Waals surface area contributed by atoms with Gasteiger partial charge in [0.15, 0.2) is 0 Å². The number of rotatable bonds is 7. The average molecular weight is 431 g/mol. The van der Waals surface area contributed by atoms with Gasteiger partial charge < -0.3 is 25.3 Å². The van der Waals surface area contributed by atoms with Crippen LogP contribution in [-0.2, 0) is 25.5 Å². The Morgan fingerprint density at radius 1 is 1.50 bits per heavy atom. The molecular weight excluding hydrogens is 400 g/mol. The third-order valence-electron chi connectivity index (χ3n) is 4.08. The number of amides is 1. The Kier molecular flexibility index (Phi) is 12.5. The first-order valence-corrected chi connectivity index (χ1v) is 10.5. The van der Waals surface area contributed by atoms with E-state index in [0.717, 1.165) is 28.3 Å². The van der Waals surface area contributed by atoms with E-state index in [0.29, 0.717) is 12.9 Å². The molecule has 1 aliphatic rings. The number of aliphatic hydroxyl groups excluding tert-OH is 1. The molecule has 0 bridgehead atoms. The number of allylic oxidation sites excluding steroid dienone is 1. The molecule has 1 aromatic rings. The first kappa shape index (κ1) is 26.2. The second-order valence-electron chi connectivity index (χ2n) is 6.62. The summed E-state index contributed by atoms with van der Waals surface area (Å²) in [6, 6.07) is 3.80. The zero-order chi connectivity index (χ0) is 21.7. The second kappa shape index (κ2) is 13.4. The smallest absolute Gasteiger partial charge is 0.293 e. The van der Waals surface area contributed by atoms with Gasteiger partial charge in [0.1, 0.15) is 12.4 Å². The van der Waals surface area contributed by atoms with Crippen LogP contribution in [0.15, 0.2) is 28.8 Å². The third kappa shape index (κ3) is 9.38. The fourth-order valence-corrected chi connectivity index (χ4v) is 4.73. The van der Waals surface area contributed by atoms with E-state index < -0.39 is 5.60 Å². The van der Waals surface area contributed by atoms with Crippen molar-refractivity contribution in [2.75, 3.05) is 19.4 Å². The Bertz CT molecular complexity index is 632. The lowest BCUT2D eigenvalue weighted by Gasteiger charge is -2.39. The first-order valence-electron chi connectivity index (χ1n) is 8.55. The van der Waals surface area contributed by atoms with Crippen LogP contribution in [0, 0.1) is 0 Å². The zero-order valence-electron chi connectivity index (χ0n) is 16.8. The largest absolute Gasteiger partial charge is 0.462 e. The zero-order valence-corrected chi connectivity index (χ0v) is 18.5. The van der Waals surface area contributed by atoms with E-state index in [-0.39, 0.29) is 17.9 Å². The molecule has 0 aliphatic carbocycles. The summed E-state index contributed by atoms with van der Waals surface area (Å²) < 4.78 is 5.08. The molecule has 1 amide bonds. The van der Waals surface area contributed by atoms with E-state index >= 15 is 0 Å². The van der Waals surface area contributed by atoms with Gasteiger partial charge in [0.05, 0.1) is 18.4 Å². The topological polar surface area (TPSA) is 110 Å². The van der Waals surface area contributed by atoms with Gasteiger partial charge in [0, 0.05) is 29.8 Å². The predicted molar refractivity (Wildman–Crippen MR) is 114 cm³/mol. The maximum atomic E-state index is 10.4. The molecule has 1 unspecified atom stereocenters. The number of carbonyl (C=O) groups is 3. The lowest BCUT2D eigenvalue weighted by atomic mass is 10.0. The molecule has 9 heteroatoms. The van der Waals surface area contributed by atoms with Crippen molar-refractivity contribution in [1.29, 1.82) is 0 Å². The van der Waals surface area contributed by atoms with Crippen LogP contribution >= 0.6 is 23.1 Å². The van der Waals surface area contributed by atoms with Crippen LogP contribution in [-0.4, -0.2) is 59.6 Å². The average Bonchev–Trinajstić information content (AvgIpc) is 3.13. The number of nitrogens with zero attached hydrogens (tertiary/aromatic N) is 1. The number of thiophene rings is 1. The Balaban J connectivity index is 0.000000556. The van der Waals surface area contributed by atoms with Crippen molar-refractivity contribution in [1.82, 2.24) is 4.90 Å². The van der Waals surface area contributed by atoms with Gasteiger partial charge in [0.25, 0.3) is 6.47 Å². The molecule has 2 rings (SSSR count). The van der Waals surface area contributed by atoms with E-state index in [2.05, 4.69) is 4.90 Å². The van der Waals surface area contributed by atoms with Gasteiger partial charge in [-0.25, -0.2) is 0 Å². The fraction of sp³-hybridized carbons (Fsp3) is 0.526. The molecule has 0 saturated carbocycles. The van der Waals surface area contributed by atoms with Crippen molar-refractivity contribution < 1.29 is 24.2 Å². The van der Waals surface area contributed by atoms with Crippen molar-refractivity contribution in [3.05, 3.63) is 33.7 Å². The summed E-state index contributed by atoms with van der Waals surface area (Å²) in [5.74, 6) is 0.576. The standard InChI is InChI=1S/C12H21NO3S.C6H7NOS.CH2O/c1-9-10(6-14)7-17-11(13(9)4)5-12(2,3)16-8-15;7-6(8)4-5-2-1-3-9-5;1-2/h8,11,14H,5-7H2,1-4H3;1-3H,4H2,(H2,7,8);1H2. The van der Waals surface area contributed by atoms with Gasteiger partial charge in [-0.1, -0.05) is 6.07 Å². The number of hydrogen-bond donors (Lipinski definition) is 2. The van der Waals surface area contributed by atoms with Crippen molar-refractivity contribution in [3.8, 4) is 0 Å². The van der Waals surface area contributed by atoms with E-state index in [1.54, 1.807) is 23.1 Å². The summed E-state index contributed by atoms with van der Waals surface area (Å²) in [5, 5.41) is 11.4. The van der Waals surface area contributed by atoms with Gasteiger partial charge in [0.2, 0.25) is 5.91 Å². The molecule has 1 aromatic heterocycles. The van der Waals surface area contributed by atoms with Gasteiger partial charge in [-0.3, -0.25) is 9.59 Å². The number of ether oxygens (including phenoxy) is 1. The minimum absolute atomic E-state index is 0.115. The quantitative estimate of drug-likeness (QED) is 0.638.